The van der Waals surface area contributed by atoms with Gasteiger partial charge in [0.25, 0.3) is 0 Å². The predicted octanol–water partition coefficient (Wildman–Crippen LogP) is 0.953. The minimum Gasteiger partial charge on any atom is -0.478 e. The lowest BCUT2D eigenvalue weighted by Gasteiger charge is -2.12. The molecule has 0 aromatic heterocycles. The van der Waals surface area contributed by atoms with E-state index in [1.165, 1.54) is 6.92 Å². The molecular formula is C10H10BrClN2O5S. The van der Waals surface area contributed by atoms with Crippen molar-refractivity contribution in [3.63, 3.8) is 0 Å². The van der Waals surface area contributed by atoms with Crippen LogP contribution in [-0.2, 0) is 14.8 Å². The predicted molar refractivity (Wildman–Crippen MR) is 75.1 cm³/mol. The number of carbonyl (C=O) groups excluding carboxylic acids is 1. The Hall–Kier alpha value is -1.16. The smallest absolute Gasteiger partial charge is 0.337 e. The number of hydrogen-bond donors (Lipinski definition) is 3. The molecule has 1 aromatic carbocycles. The van der Waals surface area contributed by atoms with Gasteiger partial charge in [-0.25, -0.2) is 13.2 Å². The number of sulfonamides is 1. The van der Waals surface area contributed by atoms with E-state index in [1.54, 1.807) is 0 Å². The monoisotopic (exact) mass is 384 g/mol. The first-order valence-corrected chi connectivity index (χ1v) is 7.75. The SMILES string of the molecule is CC(NS(=O)(=O)c1cc(Br)c(Cl)c(C(=O)O)c1)C(N)=O. The summed E-state index contributed by atoms with van der Waals surface area (Å²) < 4.78 is 26.1. The number of hydrogen-bond acceptors (Lipinski definition) is 4. The van der Waals surface area contributed by atoms with Crippen LogP contribution in [0.25, 0.3) is 0 Å². The molecule has 1 unspecified atom stereocenters. The van der Waals surface area contributed by atoms with E-state index < -0.39 is 27.9 Å². The second kappa shape index (κ2) is 6.08. The quantitative estimate of drug-likeness (QED) is 0.695. The van der Waals surface area contributed by atoms with Gasteiger partial charge >= 0.3 is 5.97 Å². The van der Waals surface area contributed by atoms with E-state index in [-0.39, 0.29) is 20.0 Å². The molecule has 20 heavy (non-hydrogen) atoms. The Bertz CT molecular complexity index is 676. The molecule has 0 bridgehead atoms. The van der Waals surface area contributed by atoms with Gasteiger partial charge in [-0.2, -0.15) is 4.72 Å². The molecule has 0 heterocycles. The molecule has 0 radical (unpaired) electrons. The molecule has 0 saturated heterocycles. The van der Waals surface area contributed by atoms with Crippen LogP contribution in [0.3, 0.4) is 0 Å². The van der Waals surface area contributed by atoms with Crippen LogP contribution in [0.1, 0.15) is 17.3 Å². The minimum atomic E-state index is -4.10. The summed E-state index contributed by atoms with van der Waals surface area (Å²) in [6, 6.07) is 0.888. The molecule has 10 heteroatoms. The third kappa shape index (κ3) is 3.69. The minimum absolute atomic E-state index is 0.103. The van der Waals surface area contributed by atoms with Gasteiger partial charge in [0.2, 0.25) is 15.9 Å². The topological polar surface area (TPSA) is 127 Å². The zero-order chi connectivity index (χ0) is 15.7. The molecule has 0 saturated carbocycles. The molecule has 1 aromatic rings. The molecule has 0 aliphatic heterocycles. The van der Waals surface area contributed by atoms with Crippen molar-refractivity contribution in [2.24, 2.45) is 5.73 Å². The fraction of sp³-hybridized carbons (Fsp3) is 0.200. The summed E-state index contributed by atoms with van der Waals surface area (Å²) in [7, 11) is -4.10. The van der Waals surface area contributed by atoms with Crippen LogP contribution in [0.15, 0.2) is 21.5 Å². The first-order chi connectivity index (χ1) is 9.06. The number of nitrogens with two attached hydrogens (primary N) is 1. The van der Waals surface area contributed by atoms with Gasteiger partial charge in [-0.3, -0.25) is 4.79 Å². The molecule has 0 aliphatic rings. The van der Waals surface area contributed by atoms with E-state index >= 15 is 0 Å². The van der Waals surface area contributed by atoms with E-state index in [2.05, 4.69) is 15.9 Å². The Morgan fingerprint density at radius 3 is 2.45 bits per heavy atom. The first-order valence-electron chi connectivity index (χ1n) is 5.10. The Balaban J connectivity index is 3.33. The summed E-state index contributed by atoms with van der Waals surface area (Å²) in [6.45, 7) is 1.27. The van der Waals surface area contributed by atoms with Crippen LogP contribution >= 0.6 is 27.5 Å². The van der Waals surface area contributed by atoms with E-state index in [9.17, 15) is 18.0 Å². The molecule has 0 spiro atoms. The number of primary amides is 1. The summed E-state index contributed by atoms with van der Waals surface area (Å²) in [5, 5.41) is 8.83. The van der Waals surface area contributed by atoms with Gasteiger partial charge < -0.3 is 10.8 Å². The van der Waals surface area contributed by atoms with Crippen LogP contribution in [0, 0.1) is 0 Å². The molecule has 4 N–H and O–H groups in total. The van der Waals surface area contributed by atoms with Gasteiger partial charge in [-0.05, 0) is 35.0 Å². The summed E-state index contributed by atoms with van der Waals surface area (Å²) in [6.07, 6.45) is 0. The van der Waals surface area contributed by atoms with Crippen molar-refractivity contribution >= 4 is 49.4 Å². The third-order valence-corrected chi connectivity index (χ3v) is 5.08. The van der Waals surface area contributed by atoms with Crippen LogP contribution in [0.4, 0.5) is 0 Å². The Morgan fingerprint density at radius 1 is 1.45 bits per heavy atom. The van der Waals surface area contributed by atoms with Crippen molar-refractivity contribution in [3.8, 4) is 0 Å². The van der Waals surface area contributed by atoms with Crippen molar-refractivity contribution in [1.29, 1.82) is 0 Å². The highest BCUT2D eigenvalue weighted by Crippen LogP contribution is 2.29. The summed E-state index contributed by atoms with van der Waals surface area (Å²) in [5.74, 6) is -2.24. The third-order valence-electron chi connectivity index (χ3n) is 2.30. The molecule has 7 nitrogen and oxygen atoms in total. The van der Waals surface area contributed by atoms with Crippen LogP contribution in [0.2, 0.25) is 5.02 Å². The maximum absolute atomic E-state index is 12.0. The number of rotatable bonds is 5. The molecule has 110 valence electrons. The maximum atomic E-state index is 12.0. The van der Waals surface area contributed by atoms with Crippen molar-refractivity contribution < 1.29 is 23.1 Å². The number of carboxylic acids is 1. The second-order valence-electron chi connectivity index (χ2n) is 3.82. The maximum Gasteiger partial charge on any atom is 0.337 e. The number of amides is 1. The molecular weight excluding hydrogens is 376 g/mol. The van der Waals surface area contributed by atoms with Gasteiger partial charge in [-0.1, -0.05) is 11.6 Å². The number of carbonyl (C=O) groups is 2. The van der Waals surface area contributed by atoms with Crippen LogP contribution in [0.5, 0.6) is 0 Å². The lowest BCUT2D eigenvalue weighted by atomic mass is 10.2. The highest BCUT2D eigenvalue weighted by atomic mass is 79.9. The van der Waals surface area contributed by atoms with Crippen molar-refractivity contribution in [1.82, 2.24) is 4.72 Å². The van der Waals surface area contributed by atoms with E-state index in [4.69, 9.17) is 22.4 Å². The first kappa shape index (κ1) is 16.9. The number of halogens is 2. The second-order valence-corrected chi connectivity index (χ2v) is 6.76. The highest BCUT2D eigenvalue weighted by molar-refractivity contribution is 9.10. The van der Waals surface area contributed by atoms with E-state index in [1.807, 2.05) is 4.72 Å². The van der Waals surface area contributed by atoms with E-state index in [0.717, 1.165) is 12.1 Å². The van der Waals surface area contributed by atoms with Crippen LogP contribution < -0.4 is 10.5 Å². The lowest BCUT2D eigenvalue weighted by molar-refractivity contribution is -0.119. The lowest BCUT2D eigenvalue weighted by Crippen LogP contribution is -2.42. The zero-order valence-corrected chi connectivity index (χ0v) is 13.2. The zero-order valence-electron chi connectivity index (χ0n) is 10.1. The van der Waals surface area contributed by atoms with E-state index in [0.29, 0.717) is 0 Å². The average Bonchev–Trinajstić information content (AvgIpc) is 2.31. The summed E-state index contributed by atoms with van der Waals surface area (Å²) in [5.41, 5.74) is 4.58. The number of carboxylic acid groups (broad SMARTS) is 1. The molecule has 0 fully saturated rings. The molecule has 1 rings (SSSR count). The molecule has 1 amide bonds. The Labute approximate surface area is 128 Å². The summed E-state index contributed by atoms with van der Waals surface area (Å²) >= 11 is 8.72. The highest BCUT2D eigenvalue weighted by Gasteiger charge is 2.24. The fourth-order valence-electron chi connectivity index (χ4n) is 1.23. The van der Waals surface area contributed by atoms with Crippen molar-refractivity contribution in [3.05, 3.63) is 27.2 Å². The van der Waals surface area contributed by atoms with Gasteiger partial charge in [0.15, 0.2) is 0 Å². The Kier molecular flexibility index (Phi) is 5.14. The van der Waals surface area contributed by atoms with Crippen molar-refractivity contribution in [2.75, 3.05) is 0 Å². The Morgan fingerprint density at radius 2 is 2.00 bits per heavy atom. The van der Waals surface area contributed by atoms with Gasteiger partial charge in [0, 0.05) is 4.47 Å². The number of nitrogens with one attached hydrogen (secondary N) is 1. The van der Waals surface area contributed by atoms with Gasteiger partial charge in [0.05, 0.1) is 21.5 Å². The van der Waals surface area contributed by atoms with Gasteiger partial charge in [-0.15, -0.1) is 0 Å². The fourth-order valence-corrected chi connectivity index (χ4v) is 3.30. The number of benzene rings is 1. The summed E-state index contributed by atoms with van der Waals surface area (Å²) in [4.78, 5) is 21.5. The molecule has 1 atom stereocenters. The standard InChI is InChI=1S/C10H10BrClN2O5S/c1-4(9(13)15)14-20(18,19)5-2-6(10(16)17)8(12)7(11)3-5/h2-4,14H,1H3,(H2,13,15)(H,16,17). The largest absolute Gasteiger partial charge is 0.478 e. The molecule has 0 aliphatic carbocycles. The average molecular weight is 386 g/mol. The van der Waals surface area contributed by atoms with Crippen molar-refractivity contribution in [2.45, 2.75) is 17.9 Å². The van der Waals surface area contributed by atoms with Gasteiger partial charge in [0.1, 0.15) is 0 Å². The number of aromatic carboxylic acids is 1. The van der Waals surface area contributed by atoms with Crippen LogP contribution in [-0.4, -0.2) is 31.4 Å². The normalized spacial score (nSPS) is 12.9.